The number of para-hydroxylation sites is 3. The van der Waals surface area contributed by atoms with Gasteiger partial charge in [0.1, 0.15) is 0 Å². The quantitative estimate of drug-likeness (QED) is 0.190. The molecule has 6 aromatic carbocycles. The Kier molecular flexibility index (Phi) is 3.46. The van der Waals surface area contributed by atoms with Gasteiger partial charge < -0.3 is 9.13 Å². The summed E-state index contributed by atoms with van der Waals surface area (Å²) in [6.45, 7) is 2.54. The van der Waals surface area contributed by atoms with Crippen molar-refractivity contribution >= 4 is 83.6 Å². The molecule has 3 aliphatic rings. The second-order valence-electron chi connectivity index (χ2n) is 12.0. The molecule has 2 aromatic heterocycles. The van der Waals surface area contributed by atoms with Gasteiger partial charge in [0.05, 0.1) is 22.1 Å². The lowest BCUT2D eigenvalue weighted by Gasteiger charge is -2.35. The van der Waals surface area contributed by atoms with Crippen LogP contribution in [0.15, 0.2) is 103 Å². The smallest absolute Gasteiger partial charge is 0.252 e. The highest BCUT2D eigenvalue weighted by molar-refractivity contribution is 7.00. The van der Waals surface area contributed by atoms with Gasteiger partial charge >= 0.3 is 0 Å². The molecule has 0 unspecified atom stereocenters. The normalized spacial score (nSPS) is 14.2. The largest absolute Gasteiger partial charge is 0.310 e. The molecule has 0 spiro atoms. The first kappa shape index (κ1) is 20.8. The van der Waals surface area contributed by atoms with Crippen molar-refractivity contribution in [2.45, 2.75) is 13.3 Å². The summed E-state index contributed by atoms with van der Waals surface area (Å²) >= 11 is 0. The number of allylic oxidation sites excluding steroid dienone is 1. The minimum Gasteiger partial charge on any atom is -0.310 e. The van der Waals surface area contributed by atoms with Crippen molar-refractivity contribution < 1.29 is 0 Å². The first-order valence-corrected chi connectivity index (χ1v) is 14.6. The fraction of sp³-hybridized carbons (Fsp3) is 0.0526. The van der Waals surface area contributed by atoms with Crippen molar-refractivity contribution in [1.29, 1.82) is 0 Å². The molecule has 0 saturated carbocycles. The van der Waals surface area contributed by atoms with Gasteiger partial charge in [-0.3, -0.25) is 0 Å². The van der Waals surface area contributed by atoms with Gasteiger partial charge in [-0.1, -0.05) is 91.0 Å². The Morgan fingerprint density at radius 2 is 1.37 bits per heavy atom. The van der Waals surface area contributed by atoms with Crippen molar-refractivity contribution in [1.82, 2.24) is 9.13 Å². The monoisotopic (exact) mass is 518 g/mol. The summed E-state index contributed by atoms with van der Waals surface area (Å²) in [6, 6.07) is 36.6. The minimum atomic E-state index is 0.177. The Hall–Kier alpha value is -5.02. The van der Waals surface area contributed by atoms with Crippen molar-refractivity contribution in [2.24, 2.45) is 0 Å². The highest BCUT2D eigenvalue weighted by Crippen LogP contribution is 2.45. The molecule has 41 heavy (non-hydrogen) atoms. The van der Waals surface area contributed by atoms with E-state index in [1.165, 1.54) is 98.8 Å². The highest BCUT2D eigenvalue weighted by atomic mass is 15.0. The van der Waals surface area contributed by atoms with Crippen LogP contribution in [0.3, 0.4) is 0 Å². The Balaban J connectivity index is 1.51. The van der Waals surface area contributed by atoms with E-state index in [-0.39, 0.29) is 6.71 Å². The van der Waals surface area contributed by atoms with Crippen molar-refractivity contribution in [3.63, 3.8) is 0 Å². The van der Waals surface area contributed by atoms with Crippen LogP contribution in [0, 0.1) is 6.92 Å². The lowest BCUT2D eigenvalue weighted by molar-refractivity contribution is 1.13. The van der Waals surface area contributed by atoms with E-state index in [2.05, 4.69) is 125 Å². The van der Waals surface area contributed by atoms with E-state index in [0.717, 1.165) is 6.42 Å². The summed E-state index contributed by atoms with van der Waals surface area (Å²) < 4.78 is 5.22. The van der Waals surface area contributed by atoms with Crippen LogP contribution >= 0.6 is 0 Å². The number of nitrogens with zero attached hydrogens (tertiary/aromatic N) is 2. The molecular weight excluding hydrogens is 495 g/mol. The molecule has 8 aromatic rings. The maximum atomic E-state index is 2.65. The summed E-state index contributed by atoms with van der Waals surface area (Å²) in [5, 5.41) is 8.28. The fourth-order valence-electron chi connectivity index (χ4n) is 8.87. The Labute approximate surface area is 236 Å². The van der Waals surface area contributed by atoms with E-state index in [0.29, 0.717) is 0 Å². The number of aryl methyl sites for hydroxylation is 1. The molecule has 0 radical (unpaired) electrons. The summed E-state index contributed by atoms with van der Waals surface area (Å²) in [5.41, 5.74) is 16.6. The van der Waals surface area contributed by atoms with Crippen LogP contribution in [0.1, 0.15) is 16.7 Å². The van der Waals surface area contributed by atoms with Gasteiger partial charge in [0.25, 0.3) is 6.71 Å². The highest BCUT2D eigenvalue weighted by Gasteiger charge is 2.42. The fourth-order valence-corrected chi connectivity index (χ4v) is 8.87. The second-order valence-corrected chi connectivity index (χ2v) is 12.0. The maximum absolute atomic E-state index is 2.65. The van der Waals surface area contributed by atoms with Crippen LogP contribution in [0.25, 0.3) is 71.8 Å². The van der Waals surface area contributed by atoms with Crippen LogP contribution in [-0.2, 0) is 6.42 Å². The zero-order valence-electron chi connectivity index (χ0n) is 22.6. The van der Waals surface area contributed by atoms with Gasteiger partial charge in [-0.25, -0.2) is 0 Å². The van der Waals surface area contributed by atoms with Gasteiger partial charge in [-0.15, -0.1) is 0 Å². The van der Waals surface area contributed by atoms with E-state index in [1.54, 1.807) is 0 Å². The molecule has 3 heteroatoms. The van der Waals surface area contributed by atoms with Crippen molar-refractivity contribution in [3.8, 4) is 11.4 Å². The number of rotatable bonds is 0. The molecule has 0 atom stereocenters. The predicted octanol–water partition coefficient (Wildman–Crippen LogP) is 7.05. The lowest BCUT2D eigenvalue weighted by Crippen LogP contribution is -2.59. The molecule has 0 saturated heterocycles. The van der Waals surface area contributed by atoms with Crippen LogP contribution in [-0.4, -0.2) is 15.8 Å². The number of benzene rings is 6. The number of hydrogen-bond donors (Lipinski definition) is 0. The number of aromatic nitrogens is 2. The molecular formula is C38H23BN2. The third kappa shape index (κ3) is 2.19. The third-order valence-corrected chi connectivity index (χ3v) is 10.2. The molecule has 188 valence electrons. The Morgan fingerprint density at radius 3 is 2.20 bits per heavy atom. The van der Waals surface area contributed by atoms with Crippen molar-refractivity contribution in [2.75, 3.05) is 0 Å². The topological polar surface area (TPSA) is 9.86 Å². The van der Waals surface area contributed by atoms with Crippen LogP contribution in [0.4, 0.5) is 0 Å². The molecule has 4 heterocycles. The van der Waals surface area contributed by atoms with E-state index < -0.39 is 0 Å². The van der Waals surface area contributed by atoms with E-state index >= 15 is 0 Å². The maximum Gasteiger partial charge on any atom is 0.252 e. The molecule has 2 aliphatic heterocycles. The lowest BCUT2D eigenvalue weighted by atomic mass is 9.34. The zero-order valence-corrected chi connectivity index (χ0v) is 22.6. The Morgan fingerprint density at radius 1 is 0.659 bits per heavy atom. The predicted molar refractivity (Wildman–Crippen MR) is 175 cm³/mol. The van der Waals surface area contributed by atoms with Crippen LogP contribution in [0.5, 0.6) is 0 Å². The Bertz CT molecular complexity index is 2570. The molecule has 0 N–H and O–H groups in total. The van der Waals surface area contributed by atoms with Crippen LogP contribution < -0.4 is 16.4 Å². The van der Waals surface area contributed by atoms with E-state index in [4.69, 9.17) is 0 Å². The molecule has 0 amide bonds. The molecule has 1 aliphatic carbocycles. The first-order chi connectivity index (χ1) is 20.3. The molecule has 2 nitrogen and oxygen atoms in total. The first-order valence-electron chi connectivity index (χ1n) is 14.6. The second kappa shape index (κ2) is 6.82. The molecule has 11 rings (SSSR count). The standard InChI is InChI=1S/C38H23BN2/c1-21-32-24-13-2-5-17-29(24)40-31-19-7-4-16-27(31)39-28-20-23-12-8-10-22-11-9-15-26(34(22)23)36(28)41-30-18-6-3-14-25(30)33(21)38(41)35(39)37(32)40/h2-14,16-20H,15H2,1H3. The van der Waals surface area contributed by atoms with E-state index in [1.807, 2.05) is 0 Å². The SMILES string of the molecule is Cc1c2c3ccccc3n3c2c2c4c1c1ccccc1n4-c1c(cc4cccc5c4c1CC=C5)B2c1ccccc1-3. The average molecular weight is 518 g/mol. The zero-order chi connectivity index (χ0) is 26.6. The summed E-state index contributed by atoms with van der Waals surface area (Å²) in [5.74, 6) is 0. The summed E-state index contributed by atoms with van der Waals surface area (Å²) in [4.78, 5) is 0. The van der Waals surface area contributed by atoms with Gasteiger partial charge in [0.15, 0.2) is 0 Å². The van der Waals surface area contributed by atoms with Crippen LogP contribution in [0.2, 0.25) is 0 Å². The average Bonchev–Trinajstić information content (AvgIpc) is 3.55. The molecule has 0 bridgehead atoms. The van der Waals surface area contributed by atoms with Gasteiger partial charge in [0, 0.05) is 32.9 Å². The number of fused-ring (bicyclic) bond motifs is 13. The summed E-state index contributed by atoms with van der Waals surface area (Å²) in [6.07, 6.45) is 5.62. The van der Waals surface area contributed by atoms with Crippen molar-refractivity contribution in [3.05, 3.63) is 120 Å². The minimum absolute atomic E-state index is 0.177. The van der Waals surface area contributed by atoms with E-state index in [9.17, 15) is 0 Å². The number of hydrogen-bond acceptors (Lipinski definition) is 0. The van der Waals surface area contributed by atoms with Gasteiger partial charge in [-0.05, 0) is 75.4 Å². The third-order valence-electron chi connectivity index (χ3n) is 10.2. The summed E-state index contributed by atoms with van der Waals surface area (Å²) in [7, 11) is 0. The van der Waals surface area contributed by atoms with Gasteiger partial charge in [0.2, 0.25) is 0 Å². The van der Waals surface area contributed by atoms with Gasteiger partial charge in [-0.2, -0.15) is 0 Å². The molecule has 0 fully saturated rings.